The van der Waals surface area contributed by atoms with Crippen molar-refractivity contribution in [3.05, 3.63) is 12.3 Å². The monoisotopic (exact) mass is 287 g/mol. The number of rotatable bonds is 7. The van der Waals surface area contributed by atoms with Crippen LogP contribution < -0.4 is 10.1 Å². The molecule has 108 valence electrons. The van der Waals surface area contributed by atoms with Crippen molar-refractivity contribution in [1.82, 2.24) is 9.97 Å². The second-order valence-corrected chi connectivity index (χ2v) is 7.60. The molecule has 0 aromatic carbocycles. The lowest BCUT2D eigenvalue weighted by Gasteiger charge is -2.22. The van der Waals surface area contributed by atoms with Gasteiger partial charge < -0.3 is 10.1 Å². The van der Waals surface area contributed by atoms with Crippen molar-refractivity contribution in [3.63, 3.8) is 0 Å². The molecule has 1 aromatic rings. The molecule has 0 aliphatic heterocycles. The molecule has 1 aromatic heterocycles. The Kier molecular flexibility index (Phi) is 5.11. The van der Waals surface area contributed by atoms with Gasteiger partial charge in [-0.2, -0.15) is 4.98 Å². The lowest BCUT2D eigenvalue weighted by molar-refractivity contribution is 0.305. The predicted molar refractivity (Wildman–Crippen MR) is 75.2 cm³/mol. The van der Waals surface area contributed by atoms with Crippen molar-refractivity contribution in [2.75, 3.05) is 24.7 Å². The number of sulfone groups is 1. The smallest absolute Gasteiger partial charge is 0.225 e. The Balaban J connectivity index is 2.68. The minimum Gasteiger partial charge on any atom is -0.478 e. The zero-order chi connectivity index (χ0) is 14.5. The van der Waals surface area contributed by atoms with E-state index in [2.05, 4.69) is 15.3 Å². The van der Waals surface area contributed by atoms with Gasteiger partial charge in [0.2, 0.25) is 11.8 Å². The highest BCUT2D eigenvalue weighted by Crippen LogP contribution is 2.16. The van der Waals surface area contributed by atoms with Crippen molar-refractivity contribution < 1.29 is 13.2 Å². The zero-order valence-electron chi connectivity index (χ0n) is 11.8. The number of nitrogens with zero attached hydrogens (tertiary/aromatic N) is 2. The molecule has 0 amide bonds. The van der Waals surface area contributed by atoms with E-state index in [1.807, 2.05) is 6.92 Å². The molecule has 1 rings (SSSR count). The molecule has 0 saturated heterocycles. The molecule has 6 nitrogen and oxygen atoms in total. The van der Waals surface area contributed by atoms with Crippen molar-refractivity contribution in [2.24, 2.45) is 0 Å². The average molecular weight is 287 g/mol. The van der Waals surface area contributed by atoms with Gasteiger partial charge in [0, 0.05) is 25.1 Å². The minimum absolute atomic E-state index is 0.239. The summed E-state index contributed by atoms with van der Waals surface area (Å²) in [5, 5.41) is 2.93. The van der Waals surface area contributed by atoms with Gasteiger partial charge >= 0.3 is 0 Å². The summed E-state index contributed by atoms with van der Waals surface area (Å²) in [6.45, 7) is 6.16. The van der Waals surface area contributed by atoms with Gasteiger partial charge in [0.25, 0.3) is 0 Å². The highest BCUT2D eigenvalue weighted by Gasteiger charge is 2.30. The lowest BCUT2D eigenvalue weighted by Crippen LogP contribution is -2.38. The zero-order valence-corrected chi connectivity index (χ0v) is 12.6. The standard InChI is InChI=1S/C12H21N3O3S/c1-5-8-18-10-6-7-13-11(15-10)14-9-12(2,3)19(4,16)17/h6-7H,5,8-9H2,1-4H3,(H,13,14,15). The Bertz CT molecular complexity index is 515. The van der Waals surface area contributed by atoms with Crippen LogP contribution in [0.5, 0.6) is 5.88 Å². The highest BCUT2D eigenvalue weighted by atomic mass is 32.2. The van der Waals surface area contributed by atoms with Crippen molar-refractivity contribution >= 4 is 15.8 Å². The molecule has 0 fully saturated rings. The maximum atomic E-state index is 11.6. The van der Waals surface area contributed by atoms with Crippen LogP contribution in [0.3, 0.4) is 0 Å². The molecule has 7 heteroatoms. The fraction of sp³-hybridized carbons (Fsp3) is 0.667. The molecule has 1 N–H and O–H groups in total. The van der Waals surface area contributed by atoms with E-state index in [-0.39, 0.29) is 6.54 Å². The quantitative estimate of drug-likeness (QED) is 0.818. The van der Waals surface area contributed by atoms with Gasteiger partial charge in [-0.05, 0) is 20.3 Å². The van der Waals surface area contributed by atoms with E-state index in [0.29, 0.717) is 18.4 Å². The Morgan fingerprint density at radius 3 is 2.68 bits per heavy atom. The van der Waals surface area contributed by atoms with Crippen LogP contribution in [0, 0.1) is 0 Å². The summed E-state index contributed by atoms with van der Waals surface area (Å²) < 4.78 is 27.7. The summed E-state index contributed by atoms with van der Waals surface area (Å²) in [4.78, 5) is 8.19. The summed E-state index contributed by atoms with van der Waals surface area (Å²) in [6.07, 6.45) is 3.69. The number of hydrogen-bond acceptors (Lipinski definition) is 6. The maximum absolute atomic E-state index is 11.6. The van der Waals surface area contributed by atoms with E-state index in [1.165, 1.54) is 6.26 Å². The summed E-state index contributed by atoms with van der Waals surface area (Å²) in [5.74, 6) is 0.849. The van der Waals surface area contributed by atoms with Gasteiger partial charge in [-0.1, -0.05) is 6.92 Å². The molecular formula is C12H21N3O3S. The first-order valence-corrected chi connectivity index (χ1v) is 8.05. The SMILES string of the molecule is CCCOc1ccnc(NCC(C)(C)S(C)(=O)=O)n1. The number of hydrogen-bond donors (Lipinski definition) is 1. The van der Waals surface area contributed by atoms with E-state index in [0.717, 1.165) is 6.42 Å². The lowest BCUT2D eigenvalue weighted by atomic mass is 10.2. The summed E-state index contributed by atoms with van der Waals surface area (Å²) >= 11 is 0. The number of aromatic nitrogens is 2. The Morgan fingerprint density at radius 1 is 1.42 bits per heavy atom. The number of ether oxygens (including phenoxy) is 1. The van der Waals surface area contributed by atoms with Crippen molar-refractivity contribution in [1.29, 1.82) is 0 Å². The third kappa shape index (κ3) is 4.66. The first kappa shape index (κ1) is 15.7. The van der Waals surface area contributed by atoms with Crippen LogP contribution in [0.15, 0.2) is 12.3 Å². The van der Waals surface area contributed by atoms with Crippen LogP contribution in [0.2, 0.25) is 0 Å². The van der Waals surface area contributed by atoms with Crippen LogP contribution in [0.25, 0.3) is 0 Å². The van der Waals surface area contributed by atoms with E-state index >= 15 is 0 Å². The molecule has 19 heavy (non-hydrogen) atoms. The third-order valence-corrected chi connectivity index (χ3v) is 4.91. The van der Waals surface area contributed by atoms with Gasteiger partial charge in [-0.3, -0.25) is 0 Å². The average Bonchev–Trinajstić information content (AvgIpc) is 2.33. The Hall–Kier alpha value is -1.37. The van der Waals surface area contributed by atoms with Crippen LogP contribution >= 0.6 is 0 Å². The molecule has 0 unspecified atom stereocenters. The maximum Gasteiger partial charge on any atom is 0.225 e. The first-order chi connectivity index (χ1) is 8.76. The van der Waals surface area contributed by atoms with Crippen LogP contribution in [-0.2, 0) is 9.84 Å². The molecule has 1 heterocycles. The first-order valence-electron chi connectivity index (χ1n) is 6.15. The third-order valence-electron chi connectivity index (χ3n) is 2.76. The molecule has 0 aliphatic rings. The molecule has 0 saturated carbocycles. The van der Waals surface area contributed by atoms with Crippen LogP contribution in [0.4, 0.5) is 5.95 Å². The number of anilines is 1. The second kappa shape index (κ2) is 6.18. The van der Waals surface area contributed by atoms with Crippen LogP contribution in [0.1, 0.15) is 27.2 Å². The van der Waals surface area contributed by atoms with E-state index < -0.39 is 14.6 Å². The second-order valence-electron chi connectivity index (χ2n) is 4.95. The summed E-state index contributed by atoms with van der Waals surface area (Å²) in [5.41, 5.74) is 0. The van der Waals surface area contributed by atoms with Crippen LogP contribution in [-0.4, -0.2) is 42.5 Å². The highest BCUT2D eigenvalue weighted by molar-refractivity contribution is 7.92. The molecule has 0 spiro atoms. The van der Waals surface area contributed by atoms with E-state index in [4.69, 9.17) is 4.74 Å². The Morgan fingerprint density at radius 2 is 2.11 bits per heavy atom. The van der Waals surface area contributed by atoms with Crippen molar-refractivity contribution in [2.45, 2.75) is 31.9 Å². The molecule has 0 aliphatic carbocycles. The summed E-state index contributed by atoms with van der Waals surface area (Å²) in [6, 6.07) is 1.67. The van der Waals surface area contributed by atoms with Gasteiger partial charge in [0.15, 0.2) is 9.84 Å². The summed E-state index contributed by atoms with van der Waals surface area (Å²) in [7, 11) is -3.15. The Labute approximate surface area is 114 Å². The molecule has 0 radical (unpaired) electrons. The largest absolute Gasteiger partial charge is 0.478 e. The fourth-order valence-corrected chi connectivity index (χ4v) is 1.47. The van der Waals surface area contributed by atoms with Gasteiger partial charge in [0.1, 0.15) is 0 Å². The topological polar surface area (TPSA) is 81.2 Å². The van der Waals surface area contributed by atoms with Crippen molar-refractivity contribution in [3.8, 4) is 5.88 Å². The van der Waals surface area contributed by atoms with E-state index in [9.17, 15) is 8.42 Å². The van der Waals surface area contributed by atoms with Gasteiger partial charge in [-0.15, -0.1) is 0 Å². The normalized spacial score (nSPS) is 12.2. The van der Waals surface area contributed by atoms with Gasteiger partial charge in [0.05, 0.1) is 11.4 Å². The van der Waals surface area contributed by atoms with Gasteiger partial charge in [-0.25, -0.2) is 13.4 Å². The number of nitrogens with one attached hydrogen (secondary N) is 1. The molecule has 0 bridgehead atoms. The predicted octanol–water partition coefficient (Wildman–Crippen LogP) is 1.50. The fourth-order valence-electron chi connectivity index (χ4n) is 1.14. The van der Waals surface area contributed by atoms with E-state index in [1.54, 1.807) is 26.1 Å². The molecular weight excluding hydrogens is 266 g/mol. The minimum atomic E-state index is -3.15. The molecule has 0 atom stereocenters.